The molecule has 4 atom stereocenters. The second-order valence-electron chi connectivity index (χ2n) is 3.03. The van der Waals surface area contributed by atoms with Gasteiger partial charge in [0.15, 0.2) is 6.29 Å². The fourth-order valence-corrected chi connectivity index (χ4v) is 1.22. The summed E-state index contributed by atoms with van der Waals surface area (Å²) in [5.41, 5.74) is 0. The molecule has 0 aliphatic carbocycles. The summed E-state index contributed by atoms with van der Waals surface area (Å²) < 4.78 is 4.92. The topological polar surface area (TPSA) is 69.9 Å². The molecule has 1 aliphatic rings. The lowest BCUT2D eigenvalue weighted by atomic mass is 9.96. The van der Waals surface area contributed by atoms with Gasteiger partial charge in [-0.15, -0.1) is 0 Å². The molecule has 1 aliphatic heterocycles. The van der Waals surface area contributed by atoms with Crippen LogP contribution in [-0.4, -0.2) is 40.4 Å². The lowest BCUT2D eigenvalue weighted by Crippen LogP contribution is -2.45. The van der Waals surface area contributed by atoms with Gasteiger partial charge in [0.2, 0.25) is 0 Å². The van der Waals surface area contributed by atoms with Crippen molar-refractivity contribution in [2.24, 2.45) is 5.92 Å². The van der Waals surface area contributed by atoms with Crippen molar-refractivity contribution in [2.45, 2.75) is 31.8 Å². The van der Waals surface area contributed by atoms with Crippen LogP contribution in [0.1, 0.15) is 13.3 Å². The lowest BCUT2D eigenvalue weighted by Gasteiger charge is -2.34. The van der Waals surface area contributed by atoms with Crippen LogP contribution in [0.2, 0.25) is 0 Å². The van der Waals surface area contributed by atoms with Crippen molar-refractivity contribution in [3.63, 3.8) is 0 Å². The van der Waals surface area contributed by atoms with Crippen molar-refractivity contribution in [1.82, 2.24) is 0 Å². The number of aliphatic hydroxyl groups is 3. The highest BCUT2D eigenvalue weighted by atomic mass is 16.6. The summed E-state index contributed by atoms with van der Waals surface area (Å²) in [6.07, 6.45) is -1.65. The maximum absolute atomic E-state index is 9.26. The second kappa shape index (κ2) is 3.49. The molecule has 1 fully saturated rings. The first-order valence-electron chi connectivity index (χ1n) is 3.77. The van der Waals surface area contributed by atoms with E-state index in [-0.39, 0.29) is 12.5 Å². The first-order valence-corrected chi connectivity index (χ1v) is 3.77. The standard InChI is InChI=1S/C7H14O4/c1-4-2-5(9)6(3-8)11-7(4)10/h4-10H,2-3H2,1H3. The van der Waals surface area contributed by atoms with Gasteiger partial charge in [0.05, 0.1) is 12.7 Å². The molecule has 0 amide bonds. The molecule has 0 aromatic rings. The molecular weight excluding hydrogens is 148 g/mol. The fourth-order valence-electron chi connectivity index (χ4n) is 1.22. The molecule has 0 radical (unpaired) electrons. The van der Waals surface area contributed by atoms with Gasteiger partial charge >= 0.3 is 0 Å². The smallest absolute Gasteiger partial charge is 0.157 e. The van der Waals surface area contributed by atoms with Crippen molar-refractivity contribution in [1.29, 1.82) is 0 Å². The number of ether oxygens (including phenoxy) is 1. The summed E-state index contributed by atoms with van der Waals surface area (Å²) in [6, 6.07) is 0. The van der Waals surface area contributed by atoms with Crippen LogP contribution >= 0.6 is 0 Å². The fraction of sp³-hybridized carbons (Fsp3) is 1.00. The van der Waals surface area contributed by atoms with Crippen LogP contribution in [-0.2, 0) is 4.74 Å². The number of aliphatic hydroxyl groups excluding tert-OH is 3. The van der Waals surface area contributed by atoms with Crippen molar-refractivity contribution >= 4 is 0 Å². The van der Waals surface area contributed by atoms with E-state index in [1.807, 2.05) is 0 Å². The maximum Gasteiger partial charge on any atom is 0.157 e. The number of rotatable bonds is 1. The van der Waals surface area contributed by atoms with Crippen molar-refractivity contribution in [3.05, 3.63) is 0 Å². The van der Waals surface area contributed by atoms with Gasteiger partial charge in [-0.3, -0.25) is 0 Å². The van der Waals surface area contributed by atoms with E-state index < -0.39 is 18.5 Å². The molecule has 11 heavy (non-hydrogen) atoms. The Morgan fingerprint density at radius 3 is 2.64 bits per heavy atom. The van der Waals surface area contributed by atoms with Gasteiger partial charge in [0, 0.05) is 5.92 Å². The lowest BCUT2D eigenvalue weighted by molar-refractivity contribution is -0.231. The minimum absolute atomic E-state index is 0.0622. The largest absolute Gasteiger partial charge is 0.394 e. The number of hydrogen-bond acceptors (Lipinski definition) is 4. The van der Waals surface area contributed by atoms with Crippen LogP contribution in [0.3, 0.4) is 0 Å². The highest BCUT2D eigenvalue weighted by Crippen LogP contribution is 2.23. The molecule has 0 bridgehead atoms. The summed E-state index contributed by atoms with van der Waals surface area (Å²) in [5.74, 6) is -0.0622. The van der Waals surface area contributed by atoms with E-state index in [2.05, 4.69) is 0 Å². The van der Waals surface area contributed by atoms with Crippen LogP contribution in [0, 0.1) is 5.92 Å². The summed E-state index contributed by atoms with van der Waals surface area (Å²) >= 11 is 0. The summed E-state index contributed by atoms with van der Waals surface area (Å²) in [7, 11) is 0. The Bertz CT molecular complexity index is 128. The zero-order valence-corrected chi connectivity index (χ0v) is 6.47. The summed E-state index contributed by atoms with van der Waals surface area (Å²) in [4.78, 5) is 0. The molecular formula is C7H14O4. The van der Waals surface area contributed by atoms with Gasteiger partial charge in [0.25, 0.3) is 0 Å². The molecule has 0 aromatic carbocycles. The molecule has 0 saturated carbocycles. The zero-order chi connectivity index (χ0) is 8.43. The molecule has 4 unspecified atom stereocenters. The third kappa shape index (κ3) is 1.90. The summed E-state index contributed by atoms with van der Waals surface area (Å²) in [6.45, 7) is 1.55. The van der Waals surface area contributed by atoms with Gasteiger partial charge in [-0.2, -0.15) is 0 Å². The Kier molecular flexibility index (Phi) is 2.84. The van der Waals surface area contributed by atoms with E-state index >= 15 is 0 Å². The Balaban J connectivity index is 2.48. The Morgan fingerprint density at radius 1 is 1.45 bits per heavy atom. The normalized spacial score (nSPS) is 45.8. The minimum Gasteiger partial charge on any atom is -0.394 e. The monoisotopic (exact) mass is 162 g/mol. The van der Waals surface area contributed by atoms with Gasteiger partial charge < -0.3 is 20.1 Å². The van der Waals surface area contributed by atoms with Crippen LogP contribution in [0.5, 0.6) is 0 Å². The van der Waals surface area contributed by atoms with Crippen LogP contribution in [0.4, 0.5) is 0 Å². The average Bonchev–Trinajstić information content (AvgIpc) is 1.97. The van der Waals surface area contributed by atoms with Crippen LogP contribution in [0.25, 0.3) is 0 Å². The molecule has 66 valence electrons. The van der Waals surface area contributed by atoms with E-state index in [0.29, 0.717) is 6.42 Å². The highest BCUT2D eigenvalue weighted by molar-refractivity contribution is 4.77. The van der Waals surface area contributed by atoms with Gasteiger partial charge in [-0.25, -0.2) is 0 Å². The highest BCUT2D eigenvalue weighted by Gasteiger charge is 2.32. The molecule has 1 heterocycles. The molecule has 0 spiro atoms. The quantitative estimate of drug-likeness (QED) is 0.466. The molecule has 1 rings (SSSR count). The SMILES string of the molecule is CC1CC(O)C(CO)OC1O. The van der Waals surface area contributed by atoms with Crippen molar-refractivity contribution < 1.29 is 20.1 Å². The third-order valence-corrected chi connectivity index (χ3v) is 2.02. The number of hydrogen-bond donors (Lipinski definition) is 3. The average molecular weight is 162 g/mol. The molecule has 4 heteroatoms. The van der Waals surface area contributed by atoms with E-state index in [9.17, 15) is 5.11 Å². The van der Waals surface area contributed by atoms with Crippen LogP contribution in [0.15, 0.2) is 0 Å². The van der Waals surface area contributed by atoms with E-state index in [4.69, 9.17) is 14.9 Å². The first kappa shape index (κ1) is 8.93. The Morgan fingerprint density at radius 2 is 2.09 bits per heavy atom. The third-order valence-electron chi connectivity index (χ3n) is 2.02. The molecule has 1 saturated heterocycles. The van der Waals surface area contributed by atoms with Gasteiger partial charge in [-0.05, 0) is 6.42 Å². The van der Waals surface area contributed by atoms with E-state index in [1.165, 1.54) is 0 Å². The molecule has 0 aromatic heterocycles. The van der Waals surface area contributed by atoms with Crippen LogP contribution < -0.4 is 0 Å². The predicted octanol–water partition coefficient (Wildman–Crippen LogP) is -0.917. The minimum atomic E-state index is -0.851. The van der Waals surface area contributed by atoms with Gasteiger partial charge in [-0.1, -0.05) is 6.92 Å². The predicted molar refractivity (Wildman–Crippen MR) is 37.8 cm³/mol. The Labute approximate surface area is 65.4 Å². The van der Waals surface area contributed by atoms with E-state index in [1.54, 1.807) is 6.92 Å². The van der Waals surface area contributed by atoms with Crippen molar-refractivity contribution in [3.8, 4) is 0 Å². The Hall–Kier alpha value is -0.160. The molecule has 4 nitrogen and oxygen atoms in total. The second-order valence-corrected chi connectivity index (χ2v) is 3.03. The first-order chi connectivity index (χ1) is 5.15. The van der Waals surface area contributed by atoms with Gasteiger partial charge in [0.1, 0.15) is 6.10 Å². The van der Waals surface area contributed by atoms with E-state index in [0.717, 1.165) is 0 Å². The van der Waals surface area contributed by atoms with Crippen molar-refractivity contribution in [2.75, 3.05) is 6.61 Å². The molecule has 3 N–H and O–H groups in total. The maximum atomic E-state index is 9.26. The zero-order valence-electron chi connectivity index (χ0n) is 6.47. The summed E-state index contributed by atoms with van der Waals surface area (Å²) in [5, 5.41) is 27.1.